The zero-order chi connectivity index (χ0) is 18.0. The second-order valence-corrected chi connectivity index (χ2v) is 6.40. The summed E-state index contributed by atoms with van der Waals surface area (Å²) in [7, 11) is 1.27. The first-order valence-electron chi connectivity index (χ1n) is 8.17. The summed E-state index contributed by atoms with van der Waals surface area (Å²) in [6.45, 7) is 3.89. The third kappa shape index (κ3) is 2.86. The number of esters is 1. The van der Waals surface area contributed by atoms with Gasteiger partial charge in [-0.05, 0) is 30.5 Å². The van der Waals surface area contributed by atoms with Crippen LogP contribution in [0.2, 0.25) is 0 Å². The van der Waals surface area contributed by atoms with Gasteiger partial charge in [-0.3, -0.25) is 0 Å². The highest BCUT2D eigenvalue weighted by molar-refractivity contribution is 5.86. The molecule has 0 radical (unpaired) electrons. The number of methoxy groups -OCH3 is 1. The third-order valence-electron chi connectivity index (χ3n) is 5.01. The first kappa shape index (κ1) is 17.0. The van der Waals surface area contributed by atoms with Gasteiger partial charge in [0.05, 0.1) is 19.2 Å². The number of nitrogens with one attached hydrogen (secondary N) is 1. The molecule has 1 unspecified atom stereocenters. The zero-order valence-electron chi connectivity index (χ0n) is 14.0. The molecule has 25 heavy (non-hydrogen) atoms. The molecule has 1 aromatic heterocycles. The largest absolute Gasteiger partial charge is 0.463 e. The monoisotopic (exact) mass is 337 g/mol. The number of carbonyl (C=O) groups excluding carboxylic acids is 1. The van der Waals surface area contributed by atoms with Gasteiger partial charge in [-0.25, -0.2) is 4.79 Å². The first-order chi connectivity index (χ1) is 12.1. The Balaban J connectivity index is 1.96. The van der Waals surface area contributed by atoms with Gasteiger partial charge in [-0.2, -0.15) is 10.5 Å². The van der Waals surface area contributed by atoms with Gasteiger partial charge in [0.2, 0.25) is 5.76 Å². The predicted molar refractivity (Wildman–Crippen MR) is 89.1 cm³/mol. The lowest BCUT2D eigenvalue weighted by atomic mass is 9.70. The average molecular weight is 337 g/mol. The van der Waals surface area contributed by atoms with Crippen LogP contribution < -0.4 is 5.32 Å². The van der Waals surface area contributed by atoms with Crippen molar-refractivity contribution in [1.29, 1.82) is 10.5 Å². The minimum Gasteiger partial charge on any atom is -0.463 e. The molecule has 6 nitrogen and oxygen atoms in total. The highest BCUT2D eigenvalue weighted by atomic mass is 16.5. The van der Waals surface area contributed by atoms with Crippen LogP contribution in [0.5, 0.6) is 0 Å². The Kier molecular flexibility index (Phi) is 4.48. The maximum Gasteiger partial charge on any atom is 0.373 e. The van der Waals surface area contributed by atoms with E-state index < -0.39 is 11.4 Å². The highest BCUT2D eigenvalue weighted by Crippen LogP contribution is 2.43. The van der Waals surface area contributed by atoms with Crippen molar-refractivity contribution in [2.75, 3.05) is 7.11 Å². The Morgan fingerprint density at radius 2 is 2.24 bits per heavy atom. The molecule has 1 aromatic rings. The number of ether oxygens (including phenoxy) is 1. The standard InChI is InChI=1S/C19H19N3O3/c1-3-14-15(8-12-4-6-16(14)22-12)19(10-20,11-21)9-13-5-7-17(25-13)18(23)24-2/h3,5,7-8,12,14,16,22H,1,4,6,9H2,2H3/t12-,14-,16?/m1/s1. The summed E-state index contributed by atoms with van der Waals surface area (Å²) < 4.78 is 10.1. The van der Waals surface area contributed by atoms with E-state index in [9.17, 15) is 15.3 Å². The summed E-state index contributed by atoms with van der Waals surface area (Å²) in [4.78, 5) is 11.5. The molecule has 2 aliphatic heterocycles. The van der Waals surface area contributed by atoms with E-state index in [4.69, 9.17) is 4.42 Å². The minimum absolute atomic E-state index is 0.0573. The summed E-state index contributed by atoms with van der Waals surface area (Å²) in [6.07, 6.45) is 5.84. The van der Waals surface area contributed by atoms with Gasteiger partial charge in [0.15, 0.2) is 5.41 Å². The van der Waals surface area contributed by atoms with Crippen molar-refractivity contribution in [2.24, 2.45) is 11.3 Å². The highest BCUT2D eigenvalue weighted by Gasteiger charge is 2.46. The number of nitrogens with zero attached hydrogens (tertiary/aromatic N) is 2. The van der Waals surface area contributed by atoms with Gasteiger partial charge in [0.1, 0.15) is 5.76 Å². The molecule has 0 saturated carbocycles. The molecule has 0 aliphatic carbocycles. The Morgan fingerprint density at radius 1 is 1.48 bits per heavy atom. The maximum atomic E-state index is 11.5. The quantitative estimate of drug-likeness (QED) is 0.654. The lowest BCUT2D eigenvalue weighted by Gasteiger charge is -2.34. The average Bonchev–Trinajstić information content (AvgIpc) is 3.26. The Hall–Kier alpha value is -2.83. The summed E-state index contributed by atoms with van der Waals surface area (Å²) in [5.41, 5.74) is -0.581. The molecule has 1 saturated heterocycles. The molecule has 2 aliphatic rings. The van der Waals surface area contributed by atoms with Crippen molar-refractivity contribution < 1.29 is 13.9 Å². The van der Waals surface area contributed by atoms with E-state index in [2.05, 4.69) is 28.8 Å². The number of hydrogen-bond acceptors (Lipinski definition) is 6. The molecule has 1 fully saturated rings. The summed E-state index contributed by atoms with van der Waals surface area (Å²) in [5.74, 6) is -0.207. The molecule has 0 spiro atoms. The summed E-state index contributed by atoms with van der Waals surface area (Å²) >= 11 is 0. The number of fused-ring (bicyclic) bond motifs is 2. The number of rotatable bonds is 5. The van der Waals surface area contributed by atoms with Crippen molar-refractivity contribution in [3.63, 3.8) is 0 Å². The first-order valence-corrected chi connectivity index (χ1v) is 8.17. The van der Waals surface area contributed by atoms with Crippen molar-refractivity contribution in [2.45, 2.75) is 31.3 Å². The molecule has 0 amide bonds. The van der Waals surface area contributed by atoms with Gasteiger partial charge in [-0.15, -0.1) is 6.58 Å². The van der Waals surface area contributed by atoms with Gasteiger partial charge in [0, 0.05) is 24.4 Å². The molecule has 3 rings (SSSR count). The van der Waals surface area contributed by atoms with Crippen LogP contribution in [0, 0.1) is 34.0 Å². The van der Waals surface area contributed by atoms with E-state index in [1.807, 2.05) is 6.08 Å². The van der Waals surface area contributed by atoms with Crippen LogP contribution in [0.4, 0.5) is 0 Å². The Morgan fingerprint density at radius 3 is 2.88 bits per heavy atom. The van der Waals surface area contributed by atoms with Crippen molar-refractivity contribution >= 4 is 5.97 Å². The summed E-state index contributed by atoms with van der Waals surface area (Å²) in [6, 6.07) is 7.85. The van der Waals surface area contributed by atoms with Gasteiger partial charge in [-0.1, -0.05) is 12.2 Å². The number of carbonyl (C=O) groups is 1. The minimum atomic E-state index is -1.35. The molecule has 3 atom stereocenters. The molecule has 1 N–H and O–H groups in total. The van der Waals surface area contributed by atoms with E-state index in [0.29, 0.717) is 5.76 Å². The lowest BCUT2D eigenvalue weighted by molar-refractivity contribution is 0.0562. The van der Waals surface area contributed by atoms with Gasteiger partial charge >= 0.3 is 5.97 Å². The second-order valence-electron chi connectivity index (χ2n) is 6.40. The van der Waals surface area contributed by atoms with Crippen LogP contribution in [0.25, 0.3) is 0 Å². The number of nitriles is 2. The second kappa shape index (κ2) is 6.58. The molecular formula is C19H19N3O3. The molecule has 3 heterocycles. The molecule has 6 heteroatoms. The van der Waals surface area contributed by atoms with Crippen LogP contribution in [0.3, 0.4) is 0 Å². The molecular weight excluding hydrogens is 318 g/mol. The fourth-order valence-electron chi connectivity index (χ4n) is 3.76. The Bertz CT molecular complexity index is 795. The van der Waals surface area contributed by atoms with Crippen LogP contribution in [-0.2, 0) is 11.2 Å². The fraction of sp³-hybridized carbons (Fsp3) is 0.421. The van der Waals surface area contributed by atoms with Crippen molar-refractivity contribution in [3.05, 3.63) is 48.0 Å². The predicted octanol–water partition coefficient (Wildman–Crippen LogP) is 2.51. The zero-order valence-corrected chi connectivity index (χ0v) is 14.0. The van der Waals surface area contributed by atoms with Crippen LogP contribution in [0.15, 0.2) is 40.9 Å². The lowest BCUT2D eigenvalue weighted by Crippen LogP contribution is -2.43. The van der Waals surface area contributed by atoms with Crippen molar-refractivity contribution in [1.82, 2.24) is 5.32 Å². The van der Waals surface area contributed by atoms with Crippen LogP contribution >= 0.6 is 0 Å². The smallest absolute Gasteiger partial charge is 0.373 e. The maximum absolute atomic E-state index is 11.5. The van der Waals surface area contributed by atoms with E-state index in [-0.39, 0.29) is 30.2 Å². The topological polar surface area (TPSA) is 99.1 Å². The SMILES string of the molecule is C=C[C@@H]1C(C(C#N)(C#N)Cc2ccc(C(=O)OC)o2)=C[C@H]2CCC1N2. The molecule has 128 valence electrons. The van der Waals surface area contributed by atoms with Gasteiger partial charge in [0.25, 0.3) is 0 Å². The van der Waals surface area contributed by atoms with Gasteiger partial charge < -0.3 is 14.5 Å². The van der Waals surface area contributed by atoms with Crippen LogP contribution in [-0.4, -0.2) is 25.2 Å². The summed E-state index contributed by atoms with van der Waals surface area (Å²) in [5, 5.41) is 23.2. The van der Waals surface area contributed by atoms with Crippen molar-refractivity contribution in [3.8, 4) is 12.1 Å². The Labute approximate surface area is 146 Å². The van der Waals surface area contributed by atoms with E-state index in [1.165, 1.54) is 13.2 Å². The van der Waals surface area contributed by atoms with E-state index >= 15 is 0 Å². The van der Waals surface area contributed by atoms with Crippen LogP contribution in [0.1, 0.15) is 29.2 Å². The number of hydrogen-bond donors (Lipinski definition) is 1. The number of furan rings is 1. The fourth-order valence-corrected chi connectivity index (χ4v) is 3.76. The molecule has 2 bridgehead atoms. The third-order valence-corrected chi connectivity index (χ3v) is 5.01. The van der Waals surface area contributed by atoms with E-state index in [1.54, 1.807) is 12.1 Å². The normalized spacial score (nSPS) is 24.8. The molecule has 0 aromatic carbocycles. The van der Waals surface area contributed by atoms with E-state index in [0.717, 1.165) is 18.4 Å².